The predicted molar refractivity (Wildman–Crippen MR) is 104 cm³/mol. The SMILES string of the molecule is COCCOc1ccc(NC(=O)N(CC2CC2)C2CCCCC2)cc1Cl. The zero-order valence-corrected chi connectivity index (χ0v) is 16.3. The molecule has 0 bridgehead atoms. The second-order valence-electron chi connectivity index (χ2n) is 7.30. The van der Waals surface area contributed by atoms with Crippen LogP contribution in [0.1, 0.15) is 44.9 Å². The lowest BCUT2D eigenvalue weighted by atomic mass is 9.94. The molecule has 144 valence electrons. The van der Waals surface area contributed by atoms with E-state index in [-0.39, 0.29) is 6.03 Å². The van der Waals surface area contributed by atoms with E-state index in [4.69, 9.17) is 21.1 Å². The number of hydrogen-bond acceptors (Lipinski definition) is 3. The Balaban J connectivity index is 1.61. The monoisotopic (exact) mass is 380 g/mol. The molecule has 0 atom stereocenters. The molecule has 1 aromatic rings. The number of halogens is 1. The van der Waals surface area contributed by atoms with Gasteiger partial charge in [0.15, 0.2) is 0 Å². The standard InChI is InChI=1S/C20H29ClN2O3/c1-25-11-12-26-19-10-9-16(13-18(19)21)22-20(24)23(14-15-7-8-15)17-5-3-2-4-6-17/h9-10,13,15,17H,2-8,11-12,14H2,1H3,(H,22,24). The van der Waals surface area contributed by atoms with Crippen LogP contribution in [-0.4, -0.2) is 43.8 Å². The van der Waals surface area contributed by atoms with Gasteiger partial charge >= 0.3 is 6.03 Å². The number of benzene rings is 1. The van der Waals surface area contributed by atoms with Crippen molar-refractivity contribution in [2.45, 2.75) is 51.0 Å². The summed E-state index contributed by atoms with van der Waals surface area (Å²) in [6, 6.07) is 5.74. The van der Waals surface area contributed by atoms with Gasteiger partial charge in [0.25, 0.3) is 0 Å². The Labute approximate surface area is 161 Å². The molecule has 2 amide bonds. The van der Waals surface area contributed by atoms with Gasteiger partial charge in [0, 0.05) is 25.4 Å². The van der Waals surface area contributed by atoms with Gasteiger partial charge in [-0.2, -0.15) is 0 Å². The molecule has 1 N–H and O–H groups in total. The lowest BCUT2D eigenvalue weighted by molar-refractivity contribution is 0.146. The molecule has 2 fully saturated rings. The predicted octanol–water partition coefficient (Wildman–Crippen LogP) is 4.94. The van der Waals surface area contributed by atoms with Crippen molar-refractivity contribution in [2.24, 2.45) is 5.92 Å². The number of urea groups is 1. The molecule has 0 aliphatic heterocycles. The number of anilines is 1. The van der Waals surface area contributed by atoms with Crippen LogP contribution in [0.2, 0.25) is 5.02 Å². The lowest BCUT2D eigenvalue weighted by Gasteiger charge is -2.34. The van der Waals surface area contributed by atoms with Crippen LogP contribution in [0.5, 0.6) is 5.75 Å². The van der Waals surface area contributed by atoms with Crippen LogP contribution in [0, 0.1) is 5.92 Å². The van der Waals surface area contributed by atoms with E-state index in [2.05, 4.69) is 10.2 Å². The maximum absolute atomic E-state index is 12.9. The number of nitrogens with zero attached hydrogens (tertiary/aromatic N) is 1. The number of hydrogen-bond donors (Lipinski definition) is 1. The number of rotatable bonds is 8. The summed E-state index contributed by atoms with van der Waals surface area (Å²) in [5.74, 6) is 1.28. The number of methoxy groups -OCH3 is 1. The number of carbonyl (C=O) groups excluding carboxylic acids is 1. The highest BCUT2D eigenvalue weighted by molar-refractivity contribution is 6.32. The van der Waals surface area contributed by atoms with Crippen LogP contribution in [0.4, 0.5) is 10.5 Å². The van der Waals surface area contributed by atoms with Gasteiger partial charge in [-0.1, -0.05) is 30.9 Å². The second kappa shape index (κ2) is 9.47. The average molecular weight is 381 g/mol. The van der Waals surface area contributed by atoms with Crippen LogP contribution in [-0.2, 0) is 4.74 Å². The lowest BCUT2D eigenvalue weighted by Crippen LogP contribution is -2.45. The van der Waals surface area contributed by atoms with Crippen LogP contribution in [0.15, 0.2) is 18.2 Å². The van der Waals surface area contributed by atoms with Crippen molar-refractivity contribution in [1.82, 2.24) is 4.90 Å². The minimum absolute atomic E-state index is 0.00656. The minimum Gasteiger partial charge on any atom is -0.490 e. The first-order chi connectivity index (χ1) is 12.7. The summed E-state index contributed by atoms with van der Waals surface area (Å²) in [5.41, 5.74) is 0.704. The Morgan fingerprint density at radius 3 is 2.62 bits per heavy atom. The molecule has 1 aromatic carbocycles. The fourth-order valence-electron chi connectivity index (χ4n) is 3.49. The highest BCUT2D eigenvalue weighted by Crippen LogP contribution is 2.33. The molecule has 5 nitrogen and oxygen atoms in total. The van der Waals surface area contributed by atoms with Crippen molar-refractivity contribution >= 4 is 23.3 Å². The molecule has 0 heterocycles. The van der Waals surface area contributed by atoms with Gasteiger partial charge in [0.05, 0.1) is 11.6 Å². The van der Waals surface area contributed by atoms with Crippen LogP contribution >= 0.6 is 11.6 Å². The van der Waals surface area contributed by atoms with Crippen molar-refractivity contribution < 1.29 is 14.3 Å². The Hall–Kier alpha value is -1.46. The van der Waals surface area contributed by atoms with E-state index in [0.29, 0.717) is 41.6 Å². The third-order valence-corrected chi connectivity index (χ3v) is 5.45. The van der Waals surface area contributed by atoms with E-state index in [1.54, 1.807) is 19.2 Å². The molecule has 0 saturated heterocycles. The number of ether oxygens (including phenoxy) is 2. The van der Waals surface area contributed by atoms with Gasteiger partial charge in [0.2, 0.25) is 0 Å². The van der Waals surface area contributed by atoms with Gasteiger partial charge in [-0.15, -0.1) is 0 Å². The molecule has 0 spiro atoms. The smallest absolute Gasteiger partial charge is 0.322 e. The van der Waals surface area contributed by atoms with Crippen LogP contribution in [0.25, 0.3) is 0 Å². The first-order valence-corrected chi connectivity index (χ1v) is 10.0. The fraction of sp³-hybridized carbons (Fsp3) is 0.650. The van der Waals surface area contributed by atoms with Gasteiger partial charge < -0.3 is 19.7 Å². The number of carbonyl (C=O) groups is 1. The topological polar surface area (TPSA) is 50.8 Å². The molecule has 6 heteroatoms. The van der Waals surface area contributed by atoms with Crippen molar-refractivity contribution in [1.29, 1.82) is 0 Å². The summed E-state index contributed by atoms with van der Waals surface area (Å²) in [5, 5.41) is 3.52. The summed E-state index contributed by atoms with van der Waals surface area (Å²) < 4.78 is 10.5. The minimum atomic E-state index is -0.00656. The molecular weight excluding hydrogens is 352 g/mol. The molecule has 26 heavy (non-hydrogen) atoms. The highest BCUT2D eigenvalue weighted by atomic mass is 35.5. The number of nitrogens with one attached hydrogen (secondary N) is 1. The zero-order valence-electron chi connectivity index (χ0n) is 15.5. The first kappa shape index (κ1) is 19.3. The van der Waals surface area contributed by atoms with Crippen molar-refractivity contribution in [3.63, 3.8) is 0 Å². The van der Waals surface area contributed by atoms with Crippen molar-refractivity contribution in [3.8, 4) is 5.75 Å². The van der Waals surface area contributed by atoms with E-state index in [0.717, 1.165) is 19.4 Å². The quantitative estimate of drug-likeness (QED) is 0.649. The third-order valence-electron chi connectivity index (χ3n) is 5.16. The van der Waals surface area contributed by atoms with Crippen molar-refractivity contribution in [3.05, 3.63) is 23.2 Å². The van der Waals surface area contributed by atoms with E-state index in [1.807, 2.05) is 6.07 Å². The van der Waals surface area contributed by atoms with Gasteiger partial charge in [-0.3, -0.25) is 0 Å². The zero-order chi connectivity index (χ0) is 18.4. The molecular formula is C20H29ClN2O3. The summed E-state index contributed by atoms with van der Waals surface area (Å²) in [4.78, 5) is 15.0. The first-order valence-electron chi connectivity index (χ1n) is 9.66. The fourth-order valence-corrected chi connectivity index (χ4v) is 3.73. The Bertz CT molecular complexity index is 601. The maximum Gasteiger partial charge on any atom is 0.322 e. The molecule has 3 rings (SSSR count). The molecule has 0 unspecified atom stereocenters. The molecule has 2 aliphatic rings. The average Bonchev–Trinajstić information content (AvgIpc) is 3.46. The Kier molecular flexibility index (Phi) is 7.03. The molecule has 2 saturated carbocycles. The molecule has 0 radical (unpaired) electrons. The van der Waals surface area contributed by atoms with Crippen LogP contribution < -0.4 is 10.1 Å². The summed E-state index contributed by atoms with van der Waals surface area (Å²) in [7, 11) is 1.63. The molecule has 0 aromatic heterocycles. The number of amides is 2. The van der Waals surface area contributed by atoms with Gasteiger partial charge in [-0.25, -0.2) is 4.79 Å². The van der Waals surface area contributed by atoms with E-state index < -0.39 is 0 Å². The molecule has 2 aliphatic carbocycles. The van der Waals surface area contributed by atoms with Gasteiger partial charge in [0.1, 0.15) is 12.4 Å². The van der Waals surface area contributed by atoms with Crippen molar-refractivity contribution in [2.75, 3.05) is 32.2 Å². The Morgan fingerprint density at radius 2 is 1.96 bits per heavy atom. The second-order valence-corrected chi connectivity index (χ2v) is 7.71. The van der Waals surface area contributed by atoms with E-state index in [1.165, 1.54) is 32.1 Å². The summed E-state index contributed by atoms with van der Waals surface area (Å²) in [6.07, 6.45) is 8.46. The third kappa shape index (κ3) is 5.52. The highest BCUT2D eigenvalue weighted by Gasteiger charge is 2.31. The Morgan fingerprint density at radius 1 is 1.19 bits per heavy atom. The largest absolute Gasteiger partial charge is 0.490 e. The van der Waals surface area contributed by atoms with E-state index in [9.17, 15) is 4.79 Å². The van der Waals surface area contributed by atoms with E-state index >= 15 is 0 Å². The van der Waals surface area contributed by atoms with Gasteiger partial charge in [-0.05, 0) is 49.8 Å². The van der Waals surface area contributed by atoms with Crippen LogP contribution in [0.3, 0.4) is 0 Å². The maximum atomic E-state index is 12.9. The summed E-state index contributed by atoms with van der Waals surface area (Å²) >= 11 is 6.28. The normalized spacial score (nSPS) is 17.8. The summed E-state index contributed by atoms with van der Waals surface area (Å²) in [6.45, 7) is 1.83.